The van der Waals surface area contributed by atoms with Gasteiger partial charge in [-0.15, -0.1) is 0 Å². The summed E-state index contributed by atoms with van der Waals surface area (Å²) in [6.45, 7) is 5.84. The van der Waals surface area contributed by atoms with Crippen LogP contribution >= 0.6 is 0 Å². The van der Waals surface area contributed by atoms with Gasteiger partial charge in [-0.25, -0.2) is 4.79 Å². The van der Waals surface area contributed by atoms with Crippen LogP contribution in [0.2, 0.25) is 0 Å². The molecule has 6 nitrogen and oxygen atoms in total. The number of fused-ring (bicyclic) bond motifs is 2. The molecule has 0 saturated heterocycles. The lowest BCUT2D eigenvalue weighted by atomic mass is 10.1. The number of aromatic nitrogens is 1. The number of amides is 1. The first-order chi connectivity index (χ1) is 11.8. The Morgan fingerprint density at radius 2 is 1.92 bits per heavy atom. The van der Waals surface area contributed by atoms with E-state index in [0.29, 0.717) is 23.8 Å². The van der Waals surface area contributed by atoms with E-state index in [0.717, 1.165) is 5.56 Å². The maximum absolute atomic E-state index is 12.3. The van der Waals surface area contributed by atoms with Gasteiger partial charge >= 0.3 is 6.09 Å². The normalized spacial score (nSPS) is 15.8. The maximum Gasteiger partial charge on any atom is 0.410 e. The summed E-state index contributed by atoms with van der Waals surface area (Å²) in [6.07, 6.45) is 2.55. The number of carbonyl (C=O) groups excluding carboxylic acids is 1. The molecular formula is C19H22N2O4. The molecule has 1 amide bonds. The van der Waals surface area contributed by atoms with Gasteiger partial charge in [0.15, 0.2) is 17.2 Å². The number of hydrogen-bond donors (Lipinski definition) is 0. The van der Waals surface area contributed by atoms with E-state index in [1.165, 1.54) is 4.90 Å². The van der Waals surface area contributed by atoms with Gasteiger partial charge in [-0.1, -0.05) is 12.1 Å². The van der Waals surface area contributed by atoms with Crippen LogP contribution in [0.4, 0.5) is 4.79 Å². The van der Waals surface area contributed by atoms with Gasteiger partial charge in [0.2, 0.25) is 0 Å². The highest BCUT2D eigenvalue weighted by Crippen LogP contribution is 2.41. The molecule has 1 atom stereocenters. The predicted octanol–water partition coefficient (Wildman–Crippen LogP) is 4.17. The average molecular weight is 342 g/mol. The third kappa shape index (κ3) is 4.02. The molecule has 0 aliphatic carbocycles. The maximum atomic E-state index is 12.3. The van der Waals surface area contributed by atoms with Crippen LogP contribution in [0.1, 0.15) is 32.4 Å². The van der Waals surface area contributed by atoms with Crippen LogP contribution in [0.15, 0.2) is 42.7 Å². The predicted molar refractivity (Wildman–Crippen MR) is 93.0 cm³/mol. The standard InChI is InChI=1S/C19H22N2O4/c1-19(2,3)25-18(22)21(4)12-17-13-9-10-20-11-16(13)23-14-7-5-6-8-15(14)24-17/h5-11,17H,12H2,1-4H3. The molecule has 1 aliphatic rings. The lowest BCUT2D eigenvalue weighted by molar-refractivity contribution is 0.0227. The van der Waals surface area contributed by atoms with Gasteiger partial charge in [-0.05, 0) is 39.0 Å². The van der Waals surface area contributed by atoms with E-state index < -0.39 is 11.7 Å². The largest absolute Gasteiger partial charge is 0.480 e. The Morgan fingerprint density at radius 1 is 1.20 bits per heavy atom. The molecule has 0 spiro atoms. The fourth-order valence-corrected chi connectivity index (χ4v) is 2.51. The molecule has 3 rings (SSSR count). The van der Waals surface area contributed by atoms with Gasteiger partial charge in [0.1, 0.15) is 11.7 Å². The van der Waals surface area contributed by atoms with E-state index in [9.17, 15) is 4.79 Å². The summed E-state index contributed by atoms with van der Waals surface area (Å²) in [5.41, 5.74) is 0.286. The quantitative estimate of drug-likeness (QED) is 0.819. The molecule has 0 radical (unpaired) electrons. The number of likely N-dealkylation sites (N-methyl/N-ethyl adjacent to an activating group) is 1. The Kier molecular flexibility index (Phi) is 4.53. The Labute approximate surface area is 147 Å². The number of para-hydroxylation sites is 2. The molecule has 1 aliphatic heterocycles. The minimum absolute atomic E-state index is 0.323. The first-order valence-corrected chi connectivity index (χ1v) is 8.15. The number of hydrogen-bond acceptors (Lipinski definition) is 5. The van der Waals surface area contributed by atoms with E-state index in [2.05, 4.69) is 4.98 Å². The molecule has 132 valence electrons. The highest BCUT2D eigenvalue weighted by molar-refractivity contribution is 5.67. The molecule has 1 aromatic carbocycles. The summed E-state index contributed by atoms with van der Waals surface area (Å²) in [6, 6.07) is 9.28. The molecule has 0 fully saturated rings. The summed E-state index contributed by atoms with van der Waals surface area (Å²) in [7, 11) is 1.69. The van der Waals surface area contributed by atoms with Crippen LogP contribution < -0.4 is 9.47 Å². The van der Waals surface area contributed by atoms with E-state index >= 15 is 0 Å². The van der Waals surface area contributed by atoms with Crippen molar-refractivity contribution in [3.05, 3.63) is 48.3 Å². The molecule has 1 unspecified atom stereocenters. The first kappa shape index (κ1) is 17.1. The molecule has 0 bridgehead atoms. The van der Waals surface area contributed by atoms with Crippen molar-refractivity contribution >= 4 is 6.09 Å². The third-order valence-corrected chi connectivity index (χ3v) is 3.65. The Hall–Kier alpha value is -2.76. The fourth-order valence-electron chi connectivity index (χ4n) is 2.51. The van der Waals surface area contributed by atoms with Crippen molar-refractivity contribution in [2.24, 2.45) is 0 Å². The smallest absolute Gasteiger partial charge is 0.410 e. The topological polar surface area (TPSA) is 60.9 Å². The molecular weight excluding hydrogens is 320 g/mol. The molecule has 25 heavy (non-hydrogen) atoms. The molecule has 0 saturated carbocycles. The van der Waals surface area contributed by atoms with Crippen molar-refractivity contribution in [3.8, 4) is 17.2 Å². The van der Waals surface area contributed by atoms with Gasteiger partial charge in [-0.2, -0.15) is 0 Å². The van der Waals surface area contributed by atoms with Crippen LogP contribution in [0, 0.1) is 0 Å². The minimum atomic E-state index is -0.548. The molecule has 0 N–H and O–H groups in total. The zero-order valence-corrected chi connectivity index (χ0v) is 14.9. The van der Waals surface area contributed by atoms with E-state index in [1.807, 2.05) is 51.1 Å². The van der Waals surface area contributed by atoms with Crippen molar-refractivity contribution in [1.29, 1.82) is 0 Å². The Morgan fingerprint density at radius 3 is 2.64 bits per heavy atom. The lowest BCUT2D eigenvalue weighted by Crippen LogP contribution is -2.37. The second kappa shape index (κ2) is 6.63. The van der Waals surface area contributed by atoms with Crippen molar-refractivity contribution < 1.29 is 19.0 Å². The van der Waals surface area contributed by atoms with Gasteiger partial charge in [0.05, 0.1) is 12.7 Å². The van der Waals surface area contributed by atoms with Crippen LogP contribution in [0.5, 0.6) is 17.2 Å². The van der Waals surface area contributed by atoms with Gasteiger partial charge in [0, 0.05) is 18.8 Å². The molecule has 6 heteroatoms. The van der Waals surface area contributed by atoms with E-state index in [4.69, 9.17) is 14.2 Å². The molecule has 2 heterocycles. The van der Waals surface area contributed by atoms with Crippen LogP contribution in [-0.2, 0) is 4.74 Å². The Balaban J connectivity index is 1.86. The van der Waals surface area contributed by atoms with Gasteiger partial charge in [0.25, 0.3) is 0 Å². The summed E-state index contributed by atoms with van der Waals surface area (Å²) >= 11 is 0. The number of nitrogens with zero attached hydrogens (tertiary/aromatic N) is 2. The molecule has 1 aromatic heterocycles. The van der Waals surface area contributed by atoms with Crippen molar-refractivity contribution in [2.45, 2.75) is 32.5 Å². The van der Waals surface area contributed by atoms with E-state index in [1.54, 1.807) is 19.4 Å². The number of pyridine rings is 1. The highest BCUT2D eigenvalue weighted by atomic mass is 16.6. The third-order valence-electron chi connectivity index (χ3n) is 3.65. The Bertz CT molecular complexity index is 770. The zero-order valence-electron chi connectivity index (χ0n) is 14.9. The van der Waals surface area contributed by atoms with Crippen molar-refractivity contribution in [2.75, 3.05) is 13.6 Å². The number of rotatable bonds is 2. The number of benzene rings is 1. The average Bonchev–Trinajstić information content (AvgIpc) is 2.69. The second-order valence-electron chi connectivity index (χ2n) is 6.93. The molecule has 2 aromatic rings. The second-order valence-corrected chi connectivity index (χ2v) is 6.93. The van der Waals surface area contributed by atoms with Gasteiger partial charge < -0.3 is 19.1 Å². The minimum Gasteiger partial charge on any atom is -0.480 e. The summed E-state index contributed by atoms with van der Waals surface area (Å²) in [4.78, 5) is 17.9. The number of ether oxygens (including phenoxy) is 3. The summed E-state index contributed by atoms with van der Waals surface area (Å²) < 4.78 is 17.5. The van der Waals surface area contributed by atoms with Crippen LogP contribution in [-0.4, -0.2) is 35.2 Å². The summed E-state index contributed by atoms with van der Waals surface area (Å²) in [5, 5.41) is 0. The number of carbonyl (C=O) groups is 1. The lowest BCUT2D eigenvalue weighted by Gasteiger charge is -2.27. The van der Waals surface area contributed by atoms with Crippen molar-refractivity contribution in [1.82, 2.24) is 9.88 Å². The van der Waals surface area contributed by atoms with E-state index in [-0.39, 0.29) is 6.10 Å². The van der Waals surface area contributed by atoms with Crippen LogP contribution in [0.25, 0.3) is 0 Å². The van der Waals surface area contributed by atoms with Crippen LogP contribution in [0.3, 0.4) is 0 Å². The van der Waals surface area contributed by atoms with Gasteiger partial charge in [-0.3, -0.25) is 4.98 Å². The van der Waals surface area contributed by atoms with Crippen molar-refractivity contribution in [3.63, 3.8) is 0 Å². The highest BCUT2D eigenvalue weighted by Gasteiger charge is 2.28. The SMILES string of the molecule is CN(CC1Oc2ccccc2Oc2cnccc21)C(=O)OC(C)(C)C. The monoisotopic (exact) mass is 342 g/mol. The zero-order chi connectivity index (χ0) is 18.0. The summed E-state index contributed by atoms with van der Waals surface area (Å²) in [5.74, 6) is 1.87. The fraction of sp³-hybridized carbons (Fsp3) is 0.368. The first-order valence-electron chi connectivity index (χ1n) is 8.15.